The molecule has 1 unspecified atom stereocenters. The van der Waals surface area contributed by atoms with Crippen LogP contribution in [0.3, 0.4) is 0 Å². The van der Waals surface area contributed by atoms with E-state index in [1.165, 1.54) is 11.1 Å². The van der Waals surface area contributed by atoms with E-state index in [-0.39, 0.29) is 6.29 Å². The second-order valence-corrected chi connectivity index (χ2v) is 17.8. The van der Waals surface area contributed by atoms with Crippen molar-refractivity contribution < 1.29 is 9.47 Å². The summed E-state index contributed by atoms with van der Waals surface area (Å²) >= 11 is 0. The lowest BCUT2D eigenvalue weighted by Crippen LogP contribution is -2.56. The summed E-state index contributed by atoms with van der Waals surface area (Å²) in [5.74, 6) is 0. The zero-order valence-corrected chi connectivity index (χ0v) is 16.0. The quantitative estimate of drug-likeness (QED) is 0.794. The van der Waals surface area contributed by atoms with E-state index in [1.807, 2.05) is 6.92 Å². The van der Waals surface area contributed by atoms with Crippen molar-refractivity contribution in [3.05, 3.63) is 23.3 Å². The first-order chi connectivity index (χ1) is 9.14. The zero-order chi connectivity index (χ0) is 15.1. The Hall–Kier alpha value is -0.426. The maximum atomic E-state index is 5.81. The fraction of sp³-hybridized carbons (Fsp3) is 0.625. The van der Waals surface area contributed by atoms with Crippen LogP contribution in [0, 0.1) is 0 Å². The lowest BCUT2D eigenvalue weighted by molar-refractivity contribution is -0.134. The van der Waals surface area contributed by atoms with Crippen LogP contribution in [0.15, 0.2) is 12.1 Å². The van der Waals surface area contributed by atoms with Crippen molar-refractivity contribution in [2.24, 2.45) is 0 Å². The van der Waals surface area contributed by atoms with Gasteiger partial charge < -0.3 is 9.47 Å². The van der Waals surface area contributed by atoms with E-state index in [4.69, 9.17) is 9.47 Å². The van der Waals surface area contributed by atoms with E-state index in [0.29, 0.717) is 13.2 Å². The topological polar surface area (TPSA) is 18.5 Å². The maximum absolute atomic E-state index is 5.81. The molecule has 0 aromatic heterocycles. The number of fused-ring (bicyclic) bond motifs is 1. The van der Waals surface area contributed by atoms with Crippen LogP contribution in [0.4, 0.5) is 0 Å². The largest absolute Gasteiger partial charge is 0.349 e. The second-order valence-electron chi connectivity index (χ2n) is 7.69. The van der Waals surface area contributed by atoms with Crippen LogP contribution in [0.2, 0.25) is 39.3 Å². The van der Waals surface area contributed by atoms with E-state index < -0.39 is 16.1 Å². The van der Waals surface area contributed by atoms with Crippen LogP contribution in [0.1, 0.15) is 24.3 Å². The summed E-state index contributed by atoms with van der Waals surface area (Å²) in [5.41, 5.74) is 2.61. The predicted molar refractivity (Wildman–Crippen MR) is 91.6 cm³/mol. The summed E-state index contributed by atoms with van der Waals surface area (Å²) in [7, 11) is -2.69. The number of hydrogen-bond acceptors (Lipinski definition) is 2. The van der Waals surface area contributed by atoms with Gasteiger partial charge in [0.05, 0.1) is 22.8 Å². The first-order valence-electron chi connectivity index (χ1n) is 7.55. The predicted octanol–water partition coefficient (Wildman–Crippen LogP) is 3.34. The van der Waals surface area contributed by atoms with Crippen molar-refractivity contribution in [3.8, 4) is 0 Å². The molecule has 0 aliphatic carbocycles. The van der Waals surface area contributed by atoms with Crippen LogP contribution >= 0.6 is 0 Å². The summed E-state index contributed by atoms with van der Waals surface area (Å²) < 4.78 is 11.5. The van der Waals surface area contributed by atoms with Gasteiger partial charge in [-0.05, 0) is 12.5 Å². The molecule has 0 amide bonds. The minimum absolute atomic E-state index is 0.152. The van der Waals surface area contributed by atoms with Gasteiger partial charge in [-0.25, -0.2) is 0 Å². The Kier molecular flexibility index (Phi) is 4.31. The fourth-order valence-electron chi connectivity index (χ4n) is 2.79. The fourth-order valence-corrected chi connectivity index (χ4v) is 8.00. The molecule has 0 saturated carbocycles. The Bertz CT molecular complexity index is 498. The van der Waals surface area contributed by atoms with Crippen LogP contribution in [0.25, 0.3) is 0 Å². The van der Waals surface area contributed by atoms with E-state index in [2.05, 4.69) is 51.4 Å². The minimum atomic E-state index is -1.36. The molecule has 1 aliphatic rings. The van der Waals surface area contributed by atoms with Crippen molar-refractivity contribution in [1.29, 1.82) is 0 Å². The van der Waals surface area contributed by atoms with E-state index in [0.717, 1.165) is 0 Å². The SMILES string of the molecule is CCOC1OCc2cc([Si](C)(C)C)c([Si](C)(C)C)cc21. The number of benzene rings is 1. The van der Waals surface area contributed by atoms with Gasteiger partial charge in [0, 0.05) is 12.2 Å². The first kappa shape index (κ1) is 16.0. The Morgan fingerprint density at radius 1 is 1.05 bits per heavy atom. The molecule has 0 fully saturated rings. The van der Waals surface area contributed by atoms with Crippen molar-refractivity contribution in [2.45, 2.75) is 59.1 Å². The molecule has 2 nitrogen and oxygen atoms in total. The molecule has 4 heteroatoms. The van der Waals surface area contributed by atoms with Gasteiger partial charge in [0.25, 0.3) is 0 Å². The summed E-state index contributed by atoms with van der Waals surface area (Å²) in [5, 5.41) is 3.22. The maximum Gasteiger partial charge on any atom is 0.184 e. The third kappa shape index (κ3) is 3.08. The van der Waals surface area contributed by atoms with E-state index in [1.54, 1.807) is 10.4 Å². The van der Waals surface area contributed by atoms with Gasteiger partial charge in [-0.1, -0.05) is 61.8 Å². The van der Waals surface area contributed by atoms with Crippen LogP contribution in [-0.2, 0) is 16.1 Å². The molecule has 112 valence electrons. The summed E-state index contributed by atoms with van der Waals surface area (Å²) in [6.45, 7) is 18.0. The molecule has 20 heavy (non-hydrogen) atoms. The average Bonchev–Trinajstić information content (AvgIpc) is 2.69. The number of hydrogen-bond donors (Lipinski definition) is 0. The van der Waals surface area contributed by atoms with Gasteiger partial charge in [-0.3, -0.25) is 0 Å². The van der Waals surface area contributed by atoms with Gasteiger partial charge >= 0.3 is 0 Å². The average molecular weight is 309 g/mol. The molecule has 0 spiro atoms. The highest BCUT2D eigenvalue weighted by Crippen LogP contribution is 2.31. The van der Waals surface area contributed by atoms with E-state index in [9.17, 15) is 0 Å². The third-order valence-electron chi connectivity index (χ3n) is 3.86. The van der Waals surface area contributed by atoms with Crippen LogP contribution in [-0.4, -0.2) is 22.8 Å². The van der Waals surface area contributed by atoms with Gasteiger partial charge in [0.15, 0.2) is 6.29 Å². The Labute approximate surface area is 125 Å². The Morgan fingerprint density at radius 3 is 2.10 bits per heavy atom. The Balaban J connectivity index is 2.57. The van der Waals surface area contributed by atoms with Gasteiger partial charge in [0.1, 0.15) is 0 Å². The molecule has 1 aliphatic heterocycles. The molecule has 2 rings (SSSR count). The van der Waals surface area contributed by atoms with Crippen LogP contribution in [0.5, 0.6) is 0 Å². The molecular formula is C16H28O2Si2. The molecule has 1 heterocycles. The molecule has 1 aromatic rings. The second kappa shape index (κ2) is 5.41. The standard InChI is InChI=1S/C16H28O2Si2/c1-8-17-16-13-10-15(20(5,6)7)14(19(2,3)4)9-12(13)11-18-16/h9-10,16H,8,11H2,1-7H3. The molecule has 1 atom stereocenters. The number of rotatable bonds is 4. The molecule has 0 N–H and O–H groups in total. The van der Waals surface area contributed by atoms with Gasteiger partial charge in [-0.2, -0.15) is 0 Å². The van der Waals surface area contributed by atoms with Crippen molar-refractivity contribution in [3.63, 3.8) is 0 Å². The third-order valence-corrected chi connectivity index (χ3v) is 8.17. The summed E-state index contributed by atoms with van der Waals surface area (Å²) in [4.78, 5) is 0. The highest BCUT2D eigenvalue weighted by atomic mass is 28.3. The molecule has 0 radical (unpaired) electrons. The lowest BCUT2D eigenvalue weighted by atomic mass is 10.1. The van der Waals surface area contributed by atoms with E-state index >= 15 is 0 Å². The Morgan fingerprint density at radius 2 is 1.60 bits per heavy atom. The molecule has 0 saturated heterocycles. The lowest BCUT2D eigenvalue weighted by Gasteiger charge is -2.29. The van der Waals surface area contributed by atoms with Crippen molar-refractivity contribution in [2.75, 3.05) is 6.61 Å². The minimum Gasteiger partial charge on any atom is -0.349 e. The summed E-state index contributed by atoms with van der Waals surface area (Å²) in [6, 6.07) is 4.83. The highest BCUT2D eigenvalue weighted by molar-refractivity contribution is 6.98. The highest BCUT2D eigenvalue weighted by Gasteiger charge is 2.32. The molecular weight excluding hydrogens is 280 g/mol. The van der Waals surface area contributed by atoms with Gasteiger partial charge in [0.2, 0.25) is 0 Å². The summed E-state index contributed by atoms with van der Waals surface area (Å²) in [6.07, 6.45) is -0.152. The smallest absolute Gasteiger partial charge is 0.184 e. The number of ether oxygens (including phenoxy) is 2. The molecule has 0 bridgehead atoms. The van der Waals surface area contributed by atoms with Crippen LogP contribution < -0.4 is 10.4 Å². The monoisotopic (exact) mass is 308 g/mol. The first-order valence-corrected chi connectivity index (χ1v) is 14.6. The molecule has 1 aromatic carbocycles. The normalized spacial score (nSPS) is 19.2. The van der Waals surface area contributed by atoms with Crippen molar-refractivity contribution >= 4 is 26.5 Å². The van der Waals surface area contributed by atoms with Crippen molar-refractivity contribution in [1.82, 2.24) is 0 Å². The van der Waals surface area contributed by atoms with Gasteiger partial charge in [-0.15, -0.1) is 0 Å². The zero-order valence-electron chi connectivity index (χ0n) is 14.0.